The molecule has 0 amide bonds. The van der Waals surface area contributed by atoms with Crippen molar-refractivity contribution >= 4 is 0 Å². The summed E-state index contributed by atoms with van der Waals surface area (Å²) in [6.07, 6.45) is 0.934. The van der Waals surface area contributed by atoms with Gasteiger partial charge in [0.1, 0.15) is 11.6 Å². The molecule has 1 atom stereocenters. The monoisotopic (exact) mass is 284 g/mol. The van der Waals surface area contributed by atoms with Crippen molar-refractivity contribution in [1.29, 1.82) is 0 Å². The van der Waals surface area contributed by atoms with E-state index in [-0.39, 0.29) is 12.6 Å². The van der Waals surface area contributed by atoms with Crippen molar-refractivity contribution in [1.82, 2.24) is 9.80 Å². The summed E-state index contributed by atoms with van der Waals surface area (Å²) in [5.74, 6) is -1.01. The second-order valence-electron chi connectivity index (χ2n) is 5.29. The van der Waals surface area contributed by atoms with Crippen LogP contribution in [0.1, 0.15) is 18.9 Å². The Bertz CT molecular complexity index is 430. The van der Waals surface area contributed by atoms with Crippen molar-refractivity contribution in [2.75, 3.05) is 32.8 Å². The van der Waals surface area contributed by atoms with Gasteiger partial charge in [-0.2, -0.15) is 0 Å². The summed E-state index contributed by atoms with van der Waals surface area (Å²) in [7, 11) is 0. The van der Waals surface area contributed by atoms with E-state index in [1.54, 1.807) is 0 Å². The van der Waals surface area contributed by atoms with E-state index in [9.17, 15) is 13.9 Å². The highest BCUT2D eigenvalue weighted by atomic mass is 19.1. The lowest BCUT2D eigenvalue weighted by atomic mass is 10.1. The van der Waals surface area contributed by atoms with Gasteiger partial charge in [-0.15, -0.1) is 0 Å². The molecule has 112 valence electrons. The minimum absolute atomic E-state index is 0.184. The molecule has 0 radical (unpaired) electrons. The van der Waals surface area contributed by atoms with E-state index in [0.717, 1.165) is 38.7 Å². The molecule has 1 N–H and O–H groups in total. The standard InChI is InChI=1S/C15H22F2N2O/c1-2-14(11-20)19-7-5-18(6-8-19)10-12-3-4-13(16)9-15(12)17/h3-4,9,14,20H,2,5-8,10-11H2,1H3. The van der Waals surface area contributed by atoms with E-state index in [1.165, 1.54) is 12.1 Å². The number of halogens is 2. The first-order valence-electron chi connectivity index (χ1n) is 7.15. The molecule has 5 heteroatoms. The predicted molar refractivity (Wildman–Crippen MR) is 74.4 cm³/mol. The summed E-state index contributed by atoms with van der Waals surface area (Å²) in [5, 5.41) is 9.30. The van der Waals surface area contributed by atoms with E-state index in [1.807, 2.05) is 0 Å². The smallest absolute Gasteiger partial charge is 0.130 e. The first-order chi connectivity index (χ1) is 9.63. The Morgan fingerprint density at radius 3 is 2.45 bits per heavy atom. The minimum Gasteiger partial charge on any atom is -0.395 e. The molecule has 1 aromatic carbocycles. The van der Waals surface area contributed by atoms with Crippen molar-refractivity contribution < 1.29 is 13.9 Å². The Morgan fingerprint density at radius 2 is 1.90 bits per heavy atom. The van der Waals surface area contributed by atoms with Crippen LogP contribution in [0.15, 0.2) is 18.2 Å². The van der Waals surface area contributed by atoms with Gasteiger partial charge >= 0.3 is 0 Å². The van der Waals surface area contributed by atoms with Crippen LogP contribution in [0.3, 0.4) is 0 Å². The van der Waals surface area contributed by atoms with Gasteiger partial charge in [-0.25, -0.2) is 8.78 Å². The molecule has 0 spiro atoms. The Hall–Kier alpha value is -1.04. The second kappa shape index (κ2) is 7.11. The fourth-order valence-corrected chi connectivity index (χ4v) is 2.68. The van der Waals surface area contributed by atoms with Crippen molar-refractivity contribution in [2.24, 2.45) is 0 Å². The summed E-state index contributed by atoms with van der Waals surface area (Å²) in [5.41, 5.74) is 0.536. The van der Waals surface area contributed by atoms with Crippen LogP contribution in [0.5, 0.6) is 0 Å². The lowest BCUT2D eigenvalue weighted by Crippen LogP contribution is -2.50. The van der Waals surface area contributed by atoms with Gasteiger partial charge in [0.25, 0.3) is 0 Å². The molecule has 1 saturated heterocycles. The first kappa shape index (κ1) is 15.4. The van der Waals surface area contributed by atoms with Crippen LogP contribution in [0.25, 0.3) is 0 Å². The number of hydrogen-bond acceptors (Lipinski definition) is 3. The lowest BCUT2D eigenvalue weighted by Gasteiger charge is -2.38. The van der Waals surface area contributed by atoms with Gasteiger partial charge in [0, 0.05) is 50.4 Å². The molecule has 3 nitrogen and oxygen atoms in total. The van der Waals surface area contributed by atoms with Crippen LogP contribution in [0, 0.1) is 11.6 Å². The number of rotatable bonds is 5. The zero-order valence-corrected chi connectivity index (χ0v) is 11.9. The van der Waals surface area contributed by atoms with Crippen molar-refractivity contribution in [3.63, 3.8) is 0 Å². The fourth-order valence-electron chi connectivity index (χ4n) is 2.68. The number of aliphatic hydroxyl groups is 1. The van der Waals surface area contributed by atoms with Gasteiger partial charge in [0.05, 0.1) is 6.61 Å². The van der Waals surface area contributed by atoms with E-state index in [0.29, 0.717) is 12.1 Å². The van der Waals surface area contributed by atoms with E-state index < -0.39 is 11.6 Å². The third-order valence-electron chi connectivity index (χ3n) is 4.01. The molecular weight excluding hydrogens is 262 g/mol. The van der Waals surface area contributed by atoms with Crippen molar-refractivity contribution in [2.45, 2.75) is 25.9 Å². The number of hydrogen-bond donors (Lipinski definition) is 1. The Kier molecular flexibility index (Phi) is 5.46. The minimum atomic E-state index is -0.537. The molecule has 1 aliphatic rings. The summed E-state index contributed by atoms with van der Waals surface area (Å²) in [4.78, 5) is 4.44. The average Bonchev–Trinajstić information content (AvgIpc) is 2.45. The van der Waals surface area contributed by atoms with Crippen LogP contribution in [0.2, 0.25) is 0 Å². The van der Waals surface area contributed by atoms with Crippen LogP contribution in [-0.4, -0.2) is 53.7 Å². The Morgan fingerprint density at radius 1 is 1.20 bits per heavy atom. The summed E-state index contributed by atoms with van der Waals surface area (Å²) < 4.78 is 26.5. The normalized spacial score (nSPS) is 19.2. The second-order valence-corrected chi connectivity index (χ2v) is 5.29. The highest BCUT2D eigenvalue weighted by Gasteiger charge is 2.22. The van der Waals surface area contributed by atoms with Gasteiger partial charge < -0.3 is 5.11 Å². The third-order valence-corrected chi connectivity index (χ3v) is 4.01. The Labute approximate surface area is 118 Å². The van der Waals surface area contributed by atoms with E-state index in [2.05, 4.69) is 16.7 Å². The highest BCUT2D eigenvalue weighted by molar-refractivity contribution is 5.18. The third kappa shape index (κ3) is 3.75. The SMILES string of the molecule is CCC(CO)N1CCN(Cc2ccc(F)cc2F)CC1. The largest absolute Gasteiger partial charge is 0.395 e. The van der Waals surface area contributed by atoms with E-state index >= 15 is 0 Å². The van der Waals surface area contributed by atoms with Crippen LogP contribution >= 0.6 is 0 Å². The first-order valence-corrected chi connectivity index (χ1v) is 7.15. The molecule has 0 aliphatic carbocycles. The van der Waals surface area contributed by atoms with Gasteiger partial charge in [-0.05, 0) is 12.5 Å². The summed E-state index contributed by atoms with van der Waals surface area (Å²) in [6, 6.07) is 3.97. The molecule has 20 heavy (non-hydrogen) atoms. The van der Waals surface area contributed by atoms with Gasteiger partial charge in [0.15, 0.2) is 0 Å². The fraction of sp³-hybridized carbons (Fsp3) is 0.600. The van der Waals surface area contributed by atoms with Crippen LogP contribution < -0.4 is 0 Å². The maximum atomic E-state index is 13.6. The topological polar surface area (TPSA) is 26.7 Å². The zero-order chi connectivity index (χ0) is 14.5. The van der Waals surface area contributed by atoms with E-state index in [4.69, 9.17) is 0 Å². The molecule has 1 fully saturated rings. The quantitative estimate of drug-likeness (QED) is 0.894. The summed E-state index contributed by atoms with van der Waals surface area (Å²) >= 11 is 0. The number of aliphatic hydroxyl groups excluding tert-OH is 1. The number of piperazine rings is 1. The van der Waals surface area contributed by atoms with Crippen LogP contribution in [-0.2, 0) is 6.54 Å². The van der Waals surface area contributed by atoms with Gasteiger partial charge in [-0.1, -0.05) is 13.0 Å². The molecule has 1 unspecified atom stereocenters. The Balaban J connectivity index is 1.88. The molecule has 1 heterocycles. The predicted octanol–water partition coefficient (Wildman–Crippen LogP) is 1.85. The summed E-state index contributed by atoms with van der Waals surface area (Å²) in [6.45, 7) is 6.20. The van der Waals surface area contributed by atoms with Gasteiger partial charge in [-0.3, -0.25) is 9.80 Å². The van der Waals surface area contributed by atoms with Crippen LogP contribution in [0.4, 0.5) is 8.78 Å². The van der Waals surface area contributed by atoms with Crippen molar-refractivity contribution in [3.05, 3.63) is 35.4 Å². The molecule has 1 aliphatic heterocycles. The lowest BCUT2D eigenvalue weighted by molar-refractivity contribution is 0.0604. The molecule has 0 saturated carbocycles. The van der Waals surface area contributed by atoms with Crippen molar-refractivity contribution in [3.8, 4) is 0 Å². The zero-order valence-electron chi connectivity index (χ0n) is 11.9. The molecule has 2 rings (SSSR count). The van der Waals surface area contributed by atoms with Gasteiger partial charge in [0.2, 0.25) is 0 Å². The molecule has 1 aromatic rings. The maximum absolute atomic E-state index is 13.6. The molecular formula is C15H22F2N2O. The number of benzene rings is 1. The maximum Gasteiger partial charge on any atom is 0.130 e. The average molecular weight is 284 g/mol. The number of nitrogens with zero attached hydrogens (tertiary/aromatic N) is 2. The molecule has 0 aromatic heterocycles. The highest BCUT2D eigenvalue weighted by Crippen LogP contribution is 2.15. The molecule has 0 bridgehead atoms.